The van der Waals surface area contributed by atoms with Crippen molar-refractivity contribution < 1.29 is 23.7 Å². The number of hydrogen-bond donors (Lipinski definition) is 1. The lowest BCUT2D eigenvalue weighted by Gasteiger charge is -2.55. The monoisotopic (exact) mass is 577 g/mol. The van der Waals surface area contributed by atoms with E-state index in [0.29, 0.717) is 73.5 Å². The van der Waals surface area contributed by atoms with Gasteiger partial charge in [0.25, 0.3) is 0 Å². The van der Waals surface area contributed by atoms with E-state index in [4.69, 9.17) is 23.9 Å². The number of methoxy groups -OCH3 is 1. The number of carbonyl (C=O) groups excluding carboxylic acids is 1. The molecular formula is C30H39N7O5. The average Bonchev–Trinajstić information content (AvgIpc) is 3.02. The Balaban J connectivity index is 1.05. The molecule has 2 saturated heterocycles. The van der Waals surface area contributed by atoms with E-state index in [1.54, 1.807) is 19.4 Å². The molecule has 0 amide bonds. The number of nitrogens with zero attached hydrogens (tertiary/aromatic N) is 6. The number of rotatable bonds is 8. The number of hydrazone groups is 1. The Kier molecular flexibility index (Phi) is 7.57. The highest BCUT2D eigenvalue weighted by Gasteiger charge is 2.55. The smallest absolute Gasteiger partial charge is 0.317 e. The highest BCUT2D eigenvalue weighted by atomic mass is 16.6. The maximum atomic E-state index is 13.5. The van der Waals surface area contributed by atoms with Crippen molar-refractivity contribution in [2.45, 2.75) is 38.5 Å². The minimum Gasteiger partial charge on any atom is -0.493 e. The van der Waals surface area contributed by atoms with Crippen molar-refractivity contribution in [2.75, 3.05) is 74.9 Å². The molecule has 3 heterocycles. The lowest BCUT2D eigenvalue weighted by atomic mass is 9.49. The summed E-state index contributed by atoms with van der Waals surface area (Å²) in [6, 6.07) is 5.47. The molecule has 4 bridgehead atoms. The van der Waals surface area contributed by atoms with Gasteiger partial charge in [0.2, 0.25) is 17.8 Å². The zero-order valence-electron chi connectivity index (χ0n) is 24.2. The summed E-state index contributed by atoms with van der Waals surface area (Å²) in [4.78, 5) is 31.6. The fourth-order valence-corrected chi connectivity index (χ4v) is 7.80. The molecule has 12 nitrogen and oxygen atoms in total. The topological polar surface area (TPSA) is 124 Å². The molecule has 0 unspecified atom stereocenters. The summed E-state index contributed by atoms with van der Waals surface area (Å²) >= 11 is 0. The Morgan fingerprint density at radius 2 is 1.48 bits per heavy atom. The van der Waals surface area contributed by atoms with E-state index in [9.17, 15) is 4.79 Å². The number of esters is 1. The second kappa shape index (κ2) is 11.6. The van der Waals surface area contributed by atoms with Gasteiger partial charge in [-0.2, -0.15) is 20.1 Å². The van der Waals surface area contributed by atoms with E-state index in [-0.39, 0.29) is 11.4 Å². The van der Waals surface area contributed by atoms with Crippen LogP contribution in [0.4, 0.5) is 17.8 Å². The van der Waals surface area contributed by atoms with E-state index < -0.39 is 0 Å². The number of aromatic nitrogens is 3. The summed E-state index contributed by atoms with van der Waals surface area (Å²) in [6.45, 7) is 5.40. The van der Waals surface area contributed by atoms with Crippen molar-refractivity contribution in [2.24, 2.45) is 28.3 Å². The lowest BCUT2D eigenvalue weighted by molar-refractivity contribution is -0.161. The standard InChI is InChI=1S/C30H39N7O5/c1-39-25-15-20(2-3-24(25)42-26(38)30-16-21-12-22(17-30)14-23(13-21)18-30)19-31-35-27-32-28(36-4-8-40-9-5-36)34-29(33-27)37-6-10-41-11-7-37/h2-3,15,19,21-23H,4-14,16-18H2,1H3,(H,32,33,34,35)/b31-19-. The number of morpholine rings is 2. The molecule has 12 heteroatoms. The number of anilines is 3. The first-order valence-corrected chi connectivity index (χ1v) is 15.2. The summed E-state index contributed by atoms with van der Waals surface area (Å²) in [7, 11) is 1.59. The molecule has 1 N–H and O–H groups in total. The average molecular weight is 578 g/mol. The van der Waals surface area contributed by atoms with E-state index >= 15 is 0 Å². The van der Waals surface area contributed by atoms with Crippen LogP contribution in [-0.4, -0.2) is 86.9 Å². The van der Waals surface area contributed by atoms with Crippen molar-refractivity contribution in [3.05, 3.63) is 23.8 Å². The fraction of sp³-hybridized carbons (Fsp3) is 0.633. The fourth-order valence-electron chi connectivity index (χ4n) is 7.80. The third-order valence-electron chi connectivity index (χ3n) is 9.44. The summed E-state index contributed by atoms with van der Waals surface area (Å²) in [5.74, 6) is 4.44. The zero-order valence-corrected chi connectivity index (χ0v) is 24.2. The van der Waals surface area contributed by atoms with Gasteiger partial charge in [-0.15, -0.1) is 0 Å². The van der Waals surface area contributed by atoms with Gasteiger partial charge in [0, 0.05) is 26.2 Å². The molecule has 6 aliphatic rings. The SMILES string of the molecule is COc1cc(/C=N\Nc2nc(N3CCOCC3)nc(N3CCOCC3)n2)ccc1OC(=O)C12CC3CC(CC(C3)C1)C2. The van der Waals surface area contributed by atoms with Crippen LogP contribution in [0.25, 0.3) is 0 Å². The van der Waals surface area contributed by atoms with Gasteiger partial charge in [-0.3, -0.25) is 4.79 Å². The van der Waals surface area contributed by atoms with Crippen molar-refractivity contribution in [3.63, 3.8) is 0 Å². The van der Waals surface area contributed by atoms with Crippen LogP contribution in [0, 0.1) is 23.2 Å². The van der Waals surface area contributed by atoms with Gasteiger partial charge in [-0.05, 0) is 80.0 Å². The number of ether oxygens (including phenoxy) is 4. The molecule has 0 spiro atoms. The lowest BCUT2D eigenvalue weighted by Crippen LogP contribution is -2.51. The van der Waals surface area contributed by atoms with Gasteiger partial charge < -0.3 is 28.7 Å². The summed E-state index contributed by atoms with van der Waals surface area (Å²) in [5.41, 5.74) is 3.43. The molecular weight excluding hydrogens is 538 g/mol. The molecule has 0 radical (unpaired) electrons. The predicted molar refractivity (Wildman–Crippen MR) is 156 cm³/mol. The van der Waals surface area contributed by atoms with Crippen molar-refractivity contribution in [1.29, 1.82) is 0 Å². The van der Waals surface area contributed by atoms with Gasteiger partial charge in [-0.1, -0.05) is 0 Å². The molecule has 4 aliphatic carbocycles. The van der Waals surface area contributed by atoms with Crippen LogP contribution < -0.4 is 24.7 Å². The zero-order chi connectivity index (χ0) is 28.5. The Bertz CT molecular complexity index is 1250. The van der Waals surface area contributed by atoms with Gasteiger partial charge in [0.1, 0.15) is 0 Å². The first-order valence-electron chi connectivity index (χ1n) is 15.2. The predicted octanol–water partition coefficient (Wildman–Crippen LogP) is 3.12. The largest absolute Gasteiger partial charge is 0.493 e. The Hall–Kier alpha value is -3.51. The molecule has 8 rings (SSSR count). The number of hydrogen-bond acceptors (Lipinski definition) is 12. The minimum absolute atomic E-state index is 0.0926. The van der Waals surface area contributed by atoms with Crippen LogP contribution in [0.3, 0.4) is 0 Å². The Morgan fingerprint density at radius 1 is 0.905 bits per heavy atom. The van der Waals surface area contributed by atoms with Gasteiger partial charge in [-0.25, -0.2) is 5.43 Å². The molecule has 42 heavy (non-hydrogen) atoms. The molecule has 2 aliphatic heterocycles. The van der Waals surface area contributed by atoms with Gasteiger partial charge >= 0.3 is 5.97 Å². The van der Waals surface area contributed by atoms with E-state index in [1.807, 2.05) is 12.1 Å². The second-order valence-corrected chi connectivity index (χ2v) is 12.3. The molecule has 6 fully saturated rings. The minimum atomic E-state index is -0.325. The van der Waals surface area contributed by atoms with Crippen molar-refractivity contribution in [3.8, 4) is 11.5 Å². The second-order valence-electron chi connectivity index (χ2n) is 12.3. The van der Waals surface area contributed by atoms with Crippen LogP contribution in [0.2, 0.25) is 0 Å². The summed E-state index contributed by atoms with van der Waals surface area (Å²) in [6.07, 6.45) is 8.42. The molecule has 2 aromatic rings. The number of carbonyl (C=O) groups is 1. The normalized spacial score (nSPS) is 28.7. The third-order valence-corrected chi connectivity index (χ3v) is 9.44. The molecule has 1 aromatic heterocycles. The van der Waals surface area contributed by atoms with E-state index in [1.165, 1.54) is 19.3 Å². The van der Waals surface area contributed by atoms with Crippen LogP contribution in [-0.2, 0) is 14.3 Å². The van der Waals surface area contributed by atoms with Gasteiger partial charge in [0.05, 0.1) is 45.2 Å². The Morgan fingerprint density at radius 3 is 2.02 bits per heavy atom. The van der Waals surface area contributed by atoms with Crippen LogP contribution in [0.15, 0.2) is 23.3 Å². The molecule has 0 atom stereocenters. The first kappa shape index (κ1) is 27.3. The number of nitrogens with one attached hydrogen (secondary N) is 1. The highest BCUT2D eigenvalue weighted by Crippen LogP contribution is 2.60. The molecule has 1 aromatic carbocycles. The number of benzene rings is 1. The van der Waals surface area contributed by atoms with Gasteiger partial charge in [0.15, 0.2) is 11.5 Å². The maximum absolute atomic E-state index is 13.5. The van der Waals surface area contributed by atoms with Crippen LogP contribution in [0.5, 0.6) is 11.5 Å². The molecule has 224 valence electrons. The van der Waals surface area contributed by atoms with Crippen LogP contribution in [0.1, 0.15) is 44.1 Å². The highest BCUT2D eigenvalue weighted by molar-refractivity contribution is 5.83. The van der Waals surface area contributed by atoms with E-state index in [0.717, 1.165) is 51.0 Å². The van der Waals surface area contributed by atoms with Crippen molar-refractivity contribution >= 4 is 30.0 Å². The Labute approximate surface area is 245 Å². The summed E-state index contributed by atoms with van der Waals surface area (Å²) in [5, 5.41) is 4.40. The maximum Gasteiger partial charge on any atom is 0.317 e. The third kappa shape index (κ3) is 5.61. The van der Waals surface area contributed by atoms with E-state index in [2.05, 4.69) is 30.3 Å². The quantitative estimate of drug-likeness (QED) is 0.215. The molecule has 4 saturated carbocycles. The first-order chi connectivity index (χ1) is 20.6. The van der Waals surface area contributed by atoms with Crippen molar-refractivity contribution in [1.82, 2.24) is 15.0 Å². The summed E-state index contributed by atoms with van der Waals surface area (Å²) < 4.78 is 22.6. The van der Waals surface area contributed by atoms with Crippen LogP contribution >= 0.6 is 0 Å².